The minimum atomic E-state index is -0.182. The molecule has 2 aromatic rings. The van der Waals surface area contributed by atoms with Crippen LogP contribution in [0.1, 0.15) is 19.4 Å². The molecule has 0 saturated carbocycles. The van der Waals surface area contributed by atoms with Gasteiger partial charge in [-0.2, -0.15) is 0 Å². The number of rotatable bonds is 4. The number of hydrogen-bond acceptors (Lipinski definition) is 10. The lowest BCUT2D eigenvalue weighted by atomic mass is 10.3. The van der Waals surface area contributed by atoms with E-state index in [1.165, 1.54) is 0 Å². The molecule has 34 heavy (non-hydrogen) atoms. The molecule has 0 saturated heterocycles. The Morgan fingerprint density at radius 2 is 1.74 bits per heavy atom. The van der Waals surface area contributed by atoms with E-state index in [0.717, 1.165) is 35.1 Å². The number of guanidine groups is 4. The van der Waals surface area contributed by atoms with Crippen LogP contribution in [0.2, 0.25) is 0 Å². The number of H-pyrrole nitrogens is 2. The van der Waals surface area contributed by atoms with Gasteiger partial charge in [0.1, 0.15) is 24.0 Å². The van der Waals surface area contributed by atoms with Crippen molar-refractivity contribution in [1.29, 1.82) is 0 Å². The fraction of sp³-hybridized carbons (Fsp3) is 0.455. The maximum Gasteiger partial charge on any atom is 0.210 e. The highest BCUT2D eigenvalue weighted by Gasteiger charge is 2.26. The highest BCUT2D eigenvalue weighted by atomic mass is 15.5. The molecular weight excluding hydrogens is 432 g/mol. The smallest absolute Gasteiger partial charge is 0.210 e. The molecule has 0 spiro atoms. The summed E-state index contributed by atoms with van der Waals surface area (Å²) in [4.78, 5) is 33.1. The molecule has 2 aromatic heterocycles. The van der Waals surface area contributed by atoms with Gasteiger partial charge >= 0.3 is 0 Å². The minimum absolute atomic E-state index is 0.139. The lowest BCUT2D eigenvalue weighted by Crippen LogP contribution is -2.51. The van der Waals surface area contributed by atoms with E-state index in [4.69, 9.17) is 4.99 Å². The maximum absolute atomic E-state index is 4.74. The Balaban J connectivity index is 1.41. The Hall–Kier alpha value is -3.96. The van der Waals surface area contributed by atoms with E-state index in [1.807, 2.05) is 88.3 Å². The summed E-state index contributed by atoms with van der Waals surface area (Å²) in [6.07, 6.45) is 3.55. The summed E-state index contributed by atoms with van der Waals surface area (Å²) in [5.41, 5.74) is 1.12. The molecule has 2 unspecified atom stereocenters. The van der Waals surface area contributed by atoms with Crippen molar-refractivity contribution in [3.63, 3.8) is 0 Å². The lowest BCUT2D eigenvalue weighted by Gasteiger charge is -2.35. The van der Waals surface area contributed by atoms with Gasteiger partial charge in [0.15, 0.2) is 0 Å². The second kappa shape index (κ2) is 9.49. The first-order valence-corrected chi connectivity index (χ1v) is 11.2. The van der Waals surface area contributed by atoms with Crippen LogP contribution in [-0.4, -0.2) is 96.1 Å². The molecule has 0 radical (unpaired) electrons. The number of nitrogens with zero attached hydrogens (tertiary/aromatic N) is 8. The van der Waals surface area contributed by atoms with Crippen LogP contribution in [0.3, 0.4) is 0 Å². The van der Waals surface area contributed by atoms with Gasteiger partial charge in [-0.25, -0.2) is 20.0 Å². The Labute approximate surface area is 200 Å². The van der Waals surface area contributed by atoms with Crippen LogP contribution < -0.4 is 15.5 Å². The van der Waals surface area contributed by atoms with Gasteiger partial charge in [-0.05, 0) is 37.6 Å². The number of hydrogen-bond donors (Lipinski definition) is 4. The maximum atomic E-state index is 4.74. The van der Waals surface area contributed by atoms with E-state index >= 15 is 0 Å². The highest BCUT2D eigenvalue weighted by molar-refractivity contribution is 6.07. The molecule has 0 aliphatic carbocycles. The topological polar surface area (TPSA) is 118 Å². The Kier molecular flexibility index (Phi) is 6.48. The zero-order valence-corrected chi connectivity index (χ0v) is 20.8. The Bertz CT molecular complexity index is 1110. The fourth-order valence-corrected chi connectivity index (χ4v) is 3.88. The van der Waals surface area contributed by atoms with Crippen molar-refractivity contribution in [3.05, 3.63) is 36.2 Å². The second-order valence-corrected chi connectivity index (χ2v) is 8.65. The van der Waals surface area contributed by atoms with Gasteiger partial charge in [-0.1, -0.05) is 0 Å². The summed E-state index contributed by atoms with van der Waals surface area (Å²) in [6, 6.07) is 6.00. The predicted octanol–water partition coefficient (Wildman–Crippen LogP) is 1.55. The van der Waals surface area contributed by atoms with Crippen LogP contribution in [0.5, 0.6) is 0 Å². The number of aromatic nitrogens is 2. The first kappa shape index (κ1) is 23.2. The van der Waals surface area contributed by atoms with Crippen molar-refractivity contribution in [1.82, 2.24) is 30.0 Å². The number of aromatic amines is 2. The van der Waals surface area contributed by atoms with Crippen LogP contribution in [0, 0.1) is 0 Å². The van der Waals surface area contributed by atoms with Crippen molar-refractivity contribution in [2.24, 2.45) is 20.0 Å². The normalized spacial score (nSPS) is 20.0. The average Bonchev–Trinajstić information content (AvgIpc) is 3.46. The van der Waals surface area contributed by atoms with E-state index in [1.54, 1.807) is 0 Å². The summed E-state index contributed by atoms with van der Waals surface area (Å²) in [5.74, 6) is 4.93. The molecule has 4 heterocycles. The molecule has 2 atom stereocenters. The predicted molar refractivity (Wildman–Crippen MR) is 138 cm³/mol. The first-order valence-electron chi connectivity index (χ1n) is 11.2. The SMILES string of the molecule is CC1N=C(Nc2ccc[nH]2)NC(N(C)Cc2c[nH]c(N(C)C3=NC(C)N=C(N(C)C)N3C)c2)=N1. The Morgan fingerprint density at radius 3 is 2.44 bits per heavy atom. The largest absolute Gasteiger partial charge is 0.349 e. The second-order valence-electron chi connectivity index (χ2n) is 8.65. The molecule has 0 fully saturated rings. The van der Waals surface area contributed by atoms with E-state index in [-0.39, 0.29) is 12.3 Å². The van der Waals surface area contributed by atoms with Gasteiger partial charge in [0.25, 0.3) is 0 Å². The Morgan fingerprint density at radius 1 is 1.00 bits per heavy atom. The molecule has 0 aromatic carbocycles. The van der Waals surface area contributed by atoms with Crippen molar-refractivity contribution >= 4 is 35.5 Å². The van der Waals surface area contributed by atoms with Crippen LogP contribution in [0.15, 0.2) is 50.6 Å². The molecular formula is C22H34N12. The molecule has 0 bridgehead atoms. The molecule has 0 amide bonds. The van der Waals surface area contributed by atoms with Crippen molar-refractivity contribution in [3.8, 4) is 0 Å². The molecule has 182 valence electrons. The summed E-state index contributed by atoms with van der Waals surface area (Å²) in [6.45, 7) is 4.62. The molecule has 4 N–H and O–H groups in total. The first-order chi connectivity index (χ1) is 16.2. The van der Waals surface area contributed by atoms with Gasteiger partial charge in [-0.15, -0.1) is 0 Å². The van der Waals surface area contributed by atoms with Gasteiger partial charge in [0.2, 0.25) is 23.8 Å². The van der Waals surface area contributed by atoms with Crippen LogP contribution in [0.4, 0.5) is 11.6 Å². The van der Waals surface area contributed by atoms with Crippen molar-refractivity contribution < 1.29 is 0 Å². The number of nitrogens with one attached hydrogen (secondary N) is 4. The summed E-state index contributed by atoms with van der Waals surface area (Å²) in [5, 5.41) is 6.53. The monoisotopic (exact) mass is 466 g/mol. The molecule has 2 aliphatic heterocycles. The van der Waals surface area contributed by atoms with Crippen LogP contribution in [-0.2, 0) is 6.54 Å². The number of anilines is 2. The minimum Gasteiger partial charge on any atom is -0.349 e. The van der Waals surface area contributed by atoms with Gasteiger partial charge in [0, 0.05) is 54.2 Å². The van der Waals surface area contributed by atoms with Gasteiger partial charge in [-0.3, -0.25) is 10.2 Å². The number of aliphatic imine (C=N–C) groups is 4. The summed E-state index contributed by atoms with van der Waals surface area (Å²) >= 11 is 0. The third kappa shape index (κ3) is 5.00. The molecule has 2 aliphatic rings. The van der Waals surface area contributed by atoms with E-state index in [2.05, 4.69) is 46.5 Å². The van der Waals surface area contributed by atoms with Crippen molar-refractivity contribution in [2.45, 2.75) is 32.7 Å². The van der Waals surface area contributed by atoms with E-state index < -0.39 is 0 Å². The summed E-state index contributed by atoms with van der Waals surface area (Å²) < 4.78 is 0. The van der Waals surface area contributed by atoms with E-state index in [9.17, 15) is 0 Å². The summed E-state index contributed by atoms with van der Waals surface area (Å²) in [7, 11) is 9.96. The standard InChI is InChI=1S/C22H34N12/c1-14-25-19(29-17-9-8-10-23-17)30-20(26-14)32(5)13-16-11-18(24-12-16)33(6)22-28-15(2)27-21(31(3)4)34(22)7/h8-12,14-15,23-24H,13H2,1-7H3,(H2,25,26,29,30). The zero-order valence-electron chi connectivity index (χ0n) is 20.8. The third-order valence-electron chi connectivity index (χ3n) is 5.48. The van der Waals surface area contributed by atoms with Gasteiger partial charge in [0.05, 0.1) is 0 Å². The average molecular weight is 467 g/mol. The van der Waals surface area contributed by atoms with Crippen LogP contribution >= 0.6 is 0 Å². The van der Waals surface area contributed by atoms with Crippen LogP contribution in [0.25, 0.3) is 0 Å². The quantitative estimate of drug-likeness (QED) is 0.543. The zero-order chi connectivity index (χ0) is 24.4. The fourth-order valence-electron chi connectivity index (χ4n) is 3.88. The molecule has 4 rings (SSSR count). The van der Waals surface area contributed by atoms with Gasteiger partial charge < -0.3 is 30.0 Å². The molecule has 12 nitrogen and oxygen atoms in total. The van der Waals surface area contributed by atoms with Crippen molar-refractivity contribution in [2.75, 3.05) is 45.5 Å². The third-order valence-corrected chi connectivity index (χ3v) is 5.48. The lowest BCUT2D eigenvalue weighted by molar-refractivity contribution is 0.479. The molecule has 12 heteroatoms. The highest BCUT2D eigenvalue weighted by Crippen LogP contribution is 2.19. The van der Waals surface area contributed by atoms with E-state index in [0.29, 0.717) is 12.5 Å².